The van der Waals surface area contributed by atoms with Gasteiger partial charge in [0.2, 0.25) is 0 Å². The van der Waals surface area contributed by atoms with Crippen LogP contribution in [-0.2, 0) is 14.3 Å². The third-order valence-corrected chi connectivity index (χ3v) is 11.9. The molecule has 0 aromatic heterocycles. The number of carbonyl (C=O) groups is 2. The van der Waals surface area contributed by atoms with E-state index in [1.54, 1.807) is 11.1 Å². The Hall–Kier alpha value is -1.58. The first-order chi connectivity index (χ1) is 16.7. The number of hydrogen-bond donors (Lipinski definition) is 1. The second-order valence-corrected chi connectivity index (χ2v) is 14.1. The van der Waals surface area contributed by atoms with Crippen LogP contribution in [0.4, 0.5) is 0 Å². The van der Waals surface area contributed by atoms with Crippen LogP contribution in [-0.4, -0.2) is 23.1 Å². The minimum Gasteiger partial charge on any atom is -0.481 e. The fourth-order valence-electron chi connectivity index (χ4n) is 9.81. The first-order valence-electron chi connectivity index (χ1n) is 14.4. The molecule has 4 nitrogen and oxygen atoms in total. The van der Waals surface area contributed by atoms with Crippen LogP contribution >= 0.6 is 0 Å². The Balaban J connectivity index is 1.67. The van der Waals surface area contributed by atoms with Crippen LogP contribution in [0.5, 0.6) is 0 Å². The molecule has 4 rings (SSSR count). The molecule has 4 aliphatic carbocycles. The van der Waals surface area contributed by atoms with Gasteiger partial charge in [-0.2, -0.15) is 0 Å². The largest absolute Gasteiger partial charge is 0.481 e. The van der Waals surface area contributed by atoms with Gasteiger partial charge in [-0.15, -0.1) is 0 Å². The number of rotatable bonds is 6. The zero-order valence-electron chi connectivity index (χ0n) is 24.1. The molecule has 0 saturated heterocycles. The third-order valence-electron chi connectivity index (χ3n) is 11.9. The van der Waals surface area contributed by atoms with Gasteiger partial charge in [-0.25, -0.2) is 0 Å². The van der Waals surface area contributed by atoms with E-state index in [9.17, 15) is 14.7 Å². The van der Waals surface area contributed by atoms with Gasteiger partial charge in [0.05, 0.1) is 5.92 Å². The number of carboxylic acids is 1. The summed E-state index contributed by atoms with van der Waals surface area (Å²) in [4.78, 5) is 24.3. The second kappa shape index (κ2) is 9.31. The van der Waals surface area contributed by atoms with Crippen LogP contribution in [0.1, 0.15) is 120 Å². The Morgan fingerprint density at radius 1 is 0.972 bits per heavy atom. The molecule has 0 aromatic carbocycles. The molecular weight excluding hydrogens is 448 g/mol. The van der Waals surface area contributed by atoms with Gasteiger partial charge in [-0.3, -0.25) is 9.59 Å². The Kier molecular flexibility index (Phi) is 7.10. The molecule has 0 aromatic rings. The molecule has 2 fully saturated rings. The average Bonchev–Trinajstić information content (AvgIpc) is 3.04. The van der Waals surface area contributed by atoms with Crippen molar-refractivity contribution in [2.75, 3.05) is 0 Å². The Morgan fingerprint density at radius 2 is 1.67 bits per heavy atom. The van der Waals surface area contributed by atoms with Crippen LogP contribution in [0.15, 0.2) is 22.8 Å². The van der Waals surface area contributed by atoms with Crippen molar-refractivity contribution in [2.45, 2.75) is 126 Å². The number of carboxylic acid groups (broad SMARTS) is 1. The Morgan fingerprint density at radius 3 is 2.28 bits per heavy atom. The van der Waals surface area contributed by atoms with E-state index in [4.69, 9.17) is 4.74 Å². The van der Waals surface area contributed by atoms with Gasteiger partial charge >= 0.3 is 11.9 Å². The van der Waals surface area contributed by atoms with Crippen molar-refractivity contribution in [1.29, 1.82) is 0 Å². The van der Waals surface area contributed by atoms with Gasteiger partial charge in [0.25, 0.3) is 0 Å². The highest BCUT2D eigenvalue weighted by Gasteiger charge is 2.64. The molecule has 0 radical (unpaired) electrons. The topological polar surface area (TPSA) is 63.6 Å². The van der Waals surface area contributed by atoms with E-state index in [2.05, 4.69) is 54.5 Å². The lowest BCUT2D eigenvalue weighted by molar-refractivity contribution is -0.167. The summed E-state index contributed by atoms with van der Waals surface area (Å²) in [5, 5.41) is 10.3. The van der Waals surface area contributed by atoms with E-state index in [1.807, 2.05) is 0 Å². The van der Waals surface area contributed by atoms with Crippen LogP contribution in [0.25, 0.3) is 0 Å². The predicted molar refractivity (Wildman–Crippen MR) is 144 cm³/mol. The monoisotopic (exact) mass is 498 g/mol. The van der Waals surface area contributed by atoms with Gasteiger partial charge < -0.3 is 9.84 Å². The van der Waals surface area contributed by atoms with Gasteiger partial charge in [0.15, 0.2) is 0 Å². The number of fused-ring (bicyclic) bond motifs is 4. The molecule has 0 bridgehead atoms. The first-order valence-corrected chi connectivity index (χ1v) is 14.4. The summed E-state index contributed by atoms with van der Waals surface area (Å²) >= 11 is 0. The number of hydrogen-bond acceptors (Lipinski definition) is 3. The number of carbonyl (C=O) groups excluding carboxylic acids is 1. The lowest BCUT2D eigenvalue weighted by Crippen LogP contribution is -2.56. The minimum absolute atomic E-state index is 0.00680. The fraction of sp³-hybridized carbons (Fsp3) is 0.812. The van der Waals surface area contributed by atoms with Gasteiger partial charge in [-0.1, -0.05) is 57.4 Å². The molecule has 7 atom stereocenters. The molecule has 0 spiro atoms. The fourth-order valence-corrected chi connectivity index (χ4v) is 9.81. The summed E-state index contributed by atoms with van der Waals surface area (Å²) in [5.41, 5.74) is 4.85. The van der Waals surface area contributed by atoms with E-state index >= 15 is 0 Å². The van der Waals surface area contributed by atoms with Crippen molar-refractivity contribution >= 4 is 11.9 Å². The van der Waals surface area contributed by atoms with Crippen molar-refractivity contribution < 1.29 is 19.4 Å². The van der Waals surface area contributed by atoms with Gasteiger partial charge in [-0.05, 0) is 106 Å². The molecule has 0 aliphatic heterocycles. The standard InChI is InChI=1S/C32H50O4/c1-20(2)10-9-11-22(28(34)35)23-14-18-32(8)25-12-13-26-29(4,5)27(36-21(3)33)16-17-30(26,6)24(25)15-19-31(23,32)7/h10,22-23,26-27H,9,11-19H2,1-8H3,(H,34,35)/t22-,23-,26?,27+,30-,31-,32+/m1/s1. The van der Waals surface area contributed by atoms with Gasteiger partial charge in [0.1, 0.15) is 6.10 Å². The number of ether oxygens (including phenoxy) is 1. The summed E-state index contributed by atoms with van der Waals surface area (Å²) in [5.74, 6) is -0.291. The highest BCUT2D eigenvalue weighted by molar-refractivity contribution is 5.70. The van der Waals surface area contributed by atoms with E-state index in [1.165, 1.54) is 12.5 Å². The molecule has 202 valence electrons. The van der Waals surface area contributed by atoms with Gasteiger partial charge in [0, 0.05) is 12.3 Å². The molecule has 1 N–H and O–H groups in total. The van der Waals surface area contributed by atoms with Crippen LogP contribution < -0.4 is 0 Å². The van der Waals surface area contributed by atoms with Crippen molar-refractivity contribution in [2.24, 2.45) is 39.4 Å². The van der Waals surface area contributed by atoms with Crippen LogP contribution in [0.3, 0.4) is 0 Å². The minimum atomic E-state index is -0.603. The summed E-state index contributed by atoms with van der Waals surface area (Å²) in [6.45, 7) is 17.8. The first kappa shape index (κ1) is 27.5. The maximum absolute atomic E-state index is 12.5. The summed E-state index contributed by atoms with van der Waals surface area (Å²) in [6, 6.07) is 0. The lowest BCUT2D eigenvalue weighted by Gasteiger charge is -2.62. The van der Waals surface area contributed by atoms with Crippen molar-refractivity contribution in [3.05, 3.63) is 22.8 Å². The zero-order valence-corrected chi connectivity index (χ0v) is 24.1. The Bertz CT molecular complexity index is 969. The van der Waals surface area contributed by atoms with Crippen molar-refractivity contribution in [1.82, 2.24) is 0 Å². The highest BCUT2D eigenvalue weighted by Crippen LogP contribution is 2.72. The predicted octanol–water partition coefficient (Wildman–Crippen LogP) is 8.11. The van der Waals surface area contributed by atoms with Crippen molar-refractivity contribution in [3.63, 3.8) is 0 Å². The van der Waals surface area contributed by atoms with E-state index in [-0.39, 0.29) is 45.6 Å². The number of aliphatic carboxylic acids is 1. The lowest BCUT2D eigenvalue weighted by atomic mass is 9.43. The molecular formula is C32H50O4. The van der Waals surface area contributed by atoms with E-state index in [0.29, 0.717) is 5.92 Å². The second-order valence-electron chi connectivity index (χ2n) is 14.1. The third kappa shape index (κ3) is 4.09. The normalized spacial score (nSPS) is 39.9. The molecule has 4 aliphatic rings. The molecule has 2 saturated carbocycles. The maximum atomic E-state index is 12.5. The van der Waals surface area contributed by atoms with Crippen molar-refractivity contribution in [3.8, 4) is 0 Å². The maximum Gasteiger partial charge on any atom is 0.306 e. The zero-order chi connectivity index (χ0) is 26.7. The highest BCUT2D eigenvalue weighted by atomic mass is 16.5. The smallest absolute Gasteiger partial charge is 0.306 e. The van der Waals surface area contributed by atoms with E-state index in [0.717, 1.165) is 64.2 Å². The summed E-state index contributed by atoms with van der Waals surface area (Å²) in [6.07, 6.45) is 12.4. The number of allylic oxidation sites excluding steroid dienone is 4. The summed E-state index contributed by atoms with van der Waals surface area (Å²) in [7, 11) is 0. The van der Waals surface area contributed by atoms with Crippen LogP contribution in [0.2, 0.25) is 0 Å². The average molecular weight is 499 g/mol. The molecule has 0 heterocycles. The Labute approximate surface area is 219 Å². The van der Waals surface area contributed by atoms with E-state index < -0.39 is 5.97 Å². The molecule has 4 heteroatoms. The molecule has 0 amide bonds. The molecule has 1 unspecified atom stereocenters. The summed E-state index contributed by atoms with van der Waals surface area (Å²) < 4.78 is 5.84. The number of esters is 1. The SMILES string of the molecule is CC(=O)O[C@H]1CC[C@]2(C)C3=C(CCC2C1(C)C)[C@]1(C)CC[C@H]([C@@H](CCC=C(C)C)C(=O)O)[C@@]1(C)CC3. The molecule has 36 heavy (non-hydrogen) atoms. The van der Waals surface area contributed by atoms with Crippen LogP contribution in [0, 0.1) is 39.4 Å². The quantitative estimate of drug-likeness (QED) is 0.297.